The minimum Gasteiger partial charge on any atom is -0.359 e. The summed E-state index contributed by atoms with van der Waals surface area (Å²) in [5, 5.41) is 0. The Balaban J connectivity index is 3.05. The molecule has 0 aliphatic rings. The fourth-order valence-electron chi connectivity index (χ4n) is 0.797. The molecule has 15 heavy (non-hydrogen) atoms. The molecule has 1 amide bonds. The Labute approximate surface area is 83.1 Å². The first-order valence-electron chi connectivity index (χ1n) is 3.74. The number of hydrogen-bond donors (Lipinski definition) is 1. The number of amides is 1. The van der Waals surface area contributed by atoms with Crippen molar-refractivity contribution < 1.29 is 18.0 Å². The van der Waals surface area contributed by atoms with Crippen LogP contribution in [0.15, 0.2) is 18.3 Å². The second-order valence-corrected chi connectivity index (χ2v) is 2.54. The molecule has 6 heteroatoms. The van der Waals surface area contributed by atoms with Crippen LogP contribution in [-0.2, 0) is 11.0 Å². The average Bonchev–Trinajstić information content (AvgIpc) is 2.14. The Bertz CT molecular complexity index is 443. The van der Waals surface area contributed by atoms with Crippen LogP contribution in [0.3, 0.4) is 0 Å². The van der Waals surface area contributed by atoms with Gasteiger partial charge in [-0.2, -0.15) is 13.2 Å². The quantitative estimate of drug-likeness (QED) is 0.653. The molecule has 0 aliphatic heterocycles. The summed E-state index contributed by atoms with van der Waals surface area (Å²) in [6.45, 7) is 0. The number of halogens is 3. The van der Waals surface area contributed by atoms with E-state index < -0.39 is 17.8 Å². The van der Waals surface area contributed by atoms with Crippen LogP contribution in [0.4, 0.5) is 13.2 Å². The van der Waals surface area contributed by atoms with E-state index >= 15 is 0 Å². The van der Waals surface area contributed by atoms with Gasteiger partial charge in [0.05, 0.1) is 0 Å². The van der Waals surface area contributed by atoms with Gasteiger partial charge < -0.3 is 5.73 Å². The maximum absolute atomic E-state index is 12.2. The van der Waals surface area contributed by atoms with Gasteiger partial charge in [-0.3, -0.25) is 9.78 Å². The summed E-state index contributed by atoms with van der Waals surface area (Å²) in [5.74, 6) is 3.22. The number of aromatic nitrogens is 1. The number of hydrogen-bond acceptors (Lipinski definition) is 2. The molecule has 0 spiro atoms. The Kier molecular flexibility index (Phi) is 2.95. The number of pyridine rings is 1. The van der Waals surface area contributed by atoms with Crippen molar-refractivity contribution in [1.82, 2.24) is 4.98 Å². The van der Waals surface area contributed by atoms with Crippen molar-refractivity contribution in [1.29, 1.82) is 0 Å². The molecular weight excluding hydrogens is 209 g/mol. The van der Waals surface area contributed by atoms with Gasteiger partial charge in [0.1, 0.15) is 5.69 Å². The van der Waals surface area contributed by atoms with Crippen LogP contribution in [0.1, 0.15) is 11.3 Å². The van der Waals surface area contributed by atoms with Gasteiger partial charge in [-0.15, -0.1) is 0 Å². The van der Waals surface area contributed by atoms with Gasteiger partial charge >= 0.3 is 6.18 Å². The molecule has 1 aromatic rings. The van der Waals surface area contributed by atoms with Crippen molar-refractivity contribution in [3.05, 3.63) is 29.6 Å². The first-order chi connectivity index (χ1) is 6.89. The predicted octanol–water partition coefficient (Wildman–Crippen LogP) is 0.937. The normalized spacial score (nSPS) is 10.3. The van der Waals surface area contributed by atoms with Crippen molar-refractivity contribution >= 4 is 5.91 Å². The minimum atomic E-state index is -4.52. The largest absolute Gasteiger partial charge is 0.433 e. The molecule has 0 aliphatic carbocycles. The van der Waals surface area contributed by atoms with Crippen molar-refractivity contribution in [2.75, 3.05) is 0 Å². The summed E-state index contributed by atoms with van der Waals surface area (Å²) < 4.78 is 36.5. The summed E-state index contributed by atoms with van der Waals surface area (Å²) in [6.07, 6.45) is -3.56. The summed E-state index contributed by atoms with van der Waals surface area (Å²) >= 11 is 0. The van der Waals surface area contributed by atoms with Crippen LogP contribution in [-0.4, -0.2) is 10.9 Å². The maximum atomic E-state index is 12.2. The number of alkyl halides is 3. The molecule has 0 saturated heterocycles. The van der Waals surface area contributed by atoms with Crippen LogP contribution in [0.25, 0.3) is 0 Å². The highest BCUT2D eigenvalue weighted by molar-refractivity contribution is 5.92. The van der Waals surface area contributed by atoms with E-state index in [9.17, 15) is 18.0 Å². The lowest BCUT2D eigenvalue weighted by molar-refractivity contribution is -0.141. The zero-order valence-corrected chi connectivity index (χ0v) is 7.30. The van der Waals surface area contributed by atoms with Gasteiger partial charge in [-0.05, 0) is 18.1 Å². The van der Waals surface area contributed by atoms with Crippen LogP contribution < -0.4 is 5.73 Å². The number of nitrogens with zero attached hydrogens (tertiary/aromatic N) is 1. The van der Waals surface area contributed by atoms with E-state index in [1.54, 1.807) is 0 Å². The fraction of sp³-hybridized carbons (Fsp3) is 0.111. The zero-order chi connectivity index (χ0) is 11.5. The van der Waals surface area contributed by atoms with Gasteiger partial charge in [0, 0.05) is 11.8 Å². The second kappa shape index (κ2) is 4.00. The van der Waals surface area contributed by atoms with E-state index in [4.69, 9.17) is 5.73 Å². The van der Waals surface area contributed by atoms with Crippen LogP contribution in [0.5, 0.6) is 0 Å². The van der Waals surface area contributed by atoms with E-state index in [1.165, 1.54) is 6.07 Å². The molecule has 2 N–H and O–H groups in total. The van der Waals surface area contributed by atoms with Gasteiger partial charge in [0.15, 0.2) is 0 Å². The smallest absolute Gasteiger partial charge is 0.359 e. The lowest BCUT2D eigenvalue weighted by Crippen LogP contribution is -2.08. The highest BCUT2D eigenvalue weighted by atomic mass is 19.4. The molecule has 0 unspecified atom stereocenters. The van der Waals surface area contributed by atoms with Crippen molar-refractivity contribution in [3.63, 3.8) is 0 Å². The van der Waals surface area contributed by atoms with Crippen LogP contribution in [0.2, 0.25) is 0 Å². The number of rotatable bonds is 0. The molecule has 0 fully saturated rings. The van der Waals surface area contributed by atoms with Crippen molar-refractivity contribution in [2.24, 2.45) is 5.73 Å². The molecule has 0 bridgehead atoms. The lowest BCUT2D eigenvalue weighted by Gasteiger charge is -2.04. The van der Waals surface area contributed by atoms with Crippen molar-refractivity contribution in [2.45, 2.75) is 6.18 Å². The third-order valence-corrected chi connectivity index (χ3v) is 1.38. The molecule has 1 rings (SSSR count). The Hall–Kier alpha value is -2.03. The summed E-state index contributed by atoms with van der Waals surface area (Å²) in [6, 6.07) is 2.00. The molecule has 0 atom stereocenters. The zero-order valence-electron chi connectivity index (χ0n) is 7.30. The van der Waals surface area contributed by atoms with Crippen LogP contribution >= 0.6 is 0 Å². The van der Waals surface area contributed by atoms with E-state index in [0.717, 1.165) is 12.3 Å². The van der Waals surface area contributed by atoms with E-state index in [2.05, 4.69) is 10.9 Å². The Morgan fingerprint density at radius 2 is 2.13 bits per heavy atom. The monoisotopic (exact) mass is 214 g/mol. The average molecular weight is 214 g/mol. The second-order valence-electron chi connectivity index (χ2n) is 2.54. The van der Waals surface area contributed by atoms with Gasteiger partial charge in [-0.1, -0.05) is 5.92 Å². The Morgan fingerprint density at radius 1 is 1.47 bits per heavy atom. The SMILES string of the molecule is NC(=O)C#Cc1ccnc(C(F)(F)F)c1. The number of nitrogens with two attached hydrogens (primary N) is 1. The number of carbonyl (C=O) groups is 1. The molecule has 0 aromatic carbocycles. The fourth-order valence-corrected chi connectivity index (χ4v) is 0.797. The minimum absolute atomic E-state index is 0.0381. The van der Waals surface area contributed by atoms with Crippen LogP contribution in [0, 0.1) is 11.8 Å². The van der Waals surface area contributed by atoms with E-state index in [-0.39, 0.29) is 5.56 Å². The van der Waals surface area contributed by atoms with E-state index in [1.807, 2.05) is 5.92 Å². The first-order valence-corrected chi connectivity index (χ1v) is 3.74. The molecule has 78 valence electrons. The standard InChI is InChI=1S/C9H5F3N2O/c10-9(11,12)7-5-6(3-4-14-7)1-2-8(13)15/h3-5H,(H2,13,15). The lowest BCUT2D eigenvalue weighted by atomic mass is 10.2. The third-order valence-electron chi connectivity index (χ3n) is 1.38. The summed E-state index contributed by atoms with van der Waals surface area (Å²) in [4.78, 5) is 13.4. The summed E-state index contributed by atoms with van der Waals surface area (Å²) in [5.41, 5.74) is 3.70. The first kappa shape index (κ1) is 11.0. The molecule has 1 heterocycles. The maximum Gasteiger partial charge on any atom is 0.433 e. The topological polar surface area (TPSA) is 56.0 Å². The molecule has 0 radical (unpaired) electrons. The predicted molar refractivity (Wildman–Crippen MR) is 45.3 cm³/mol. The van der Waals surface area contributed by atoms with Gasteiger partial charge in [-0.25, -0.2) is 0 Å². The van der Waals surface area contributed by atoms with Gasteiger partial charge in [0.25, 0.3) is 5.91 Å². The van der Waals surface area contributed by atoms with E-state index in [0.29, 0.717) is 0 Å². The highest BCUT2D eigenvalue weighted by Crippen LogP contribution is 2.27. The highest BCUT2D eigenvalue weighted by Gasteiger charge is 2.32. The summed E-state index contributed by atoms with van der Waals surface area (Å²) in [7, 11) is 0. The molecular formula is C9H5F3N2O. The Morgan fingerprint density at radius 3 is 2.67 bits per heavy atom. The van der Waals surface area contributed by atoms with Gasteiger partial charge in [0.2, 0.25) is 0 Å². The van der Waals surface area contributed by atoms with Crippen molar-refractivity contribution in [3.8, 4) is 11.8 Å². The number of carbonyl (C=O) groups excluding carboxylic acids is 1. The molecule has 3 nitrogen and oxygen atoms in total. The molecule has 0 saturated carbocycles. The molecule has 1 aromatic heterocycles. The third kappa shape index (κ3) is 3.31. The number of primary amides is 1.